The van der Waals surface area contributed by atoms with Crippen LogP contribution in [0.4, 0.5) is 0 Å². The fourth-order valence-corrected chi connectivity index (χ4v) is 3.30. The first-order valence-electron chi connectivity index (χ1n) is 8.31. The van der Waals surface area contributed by atoms with E-state index in [1.165, 1.54) is 24.5 Å². The molecule has 1 atom stereocenters. The number of aliphatic hydroxyl groups excluding tert-OH is 1. The lowest BCUT2D eigenvalue weighted by Crippen LogP contribution is -2.40. The molecule has 0 bridgehead atoms. The van der Waals surface area contributed by atoms with E-state index in [1.54, 1.807) is 19.1 Å². The predicted octanol–water partition coefficient (Wildman–Crippen LogP) is 2.95. The summed E-state index contributed by atoms with van der Waals surface area (Å²) in [7, 11) is 0. The van der Waals surface area contributed by atoms with Crippen LogP contribution in [0, 0.1) is 0 Å². The Hall–Kier alpha value is -2.99. The lowest BCUT2D eigenvalue weighted by atomic mass is 9.91. The van der Waals surface area contributed by atoms with Crippen LogP contribution >= 0.6 is 0 Å². The van der Waals surface area contributed by atoms with Gasteiger partial charge in [0.05, 0.1) is 12.2 Å². The third kappa shape index (κ3) is 2.50. The van der Waals surface area contributed by atoms with Crippen LogP contribution in [-0.4, -0.2) is 27.5 Å². The molecule has 2 heterocycles. The van der Waals surface area contributed by atoms with Crippen molar-refractivity contribution < 1.29 is 24.5 Å². The van der Waals surface area contributed by atoms with E-state index in [0.717, 1.165) is 0 Å². The van der Waals surface area contributed by atoms with Crippen LogP contribution < -0.4 is 10.2 Å². The Balaban J connectivity index is 1.92. The number of phenolic OH excluding ortho intramolecular Hbond substituents is 2. The monoisotopic (exact) mass is 354 g/mol. The van der Waals surface area contributed by atoms with E-state index in [1.807, 2.05) is 0 Å². The summed E-state index contributed by atoms with van der Waals surface area (Å²) < 4.78 is 11.5. The van der Waals surface area contributed by atoms with Gasteiger partial charge >= 0.3 is 0 Å². The predicted molar refractivity (Wildman–Crippen MR) is 95.7 cm³/mol. The highest BCUT2D eigenvalue weighted by molar-refractivity contribution is 5.91. The van der Waals surface area contributed by atoms with Gasteiger partial charge in [0.2, 0.25) is 5.43 Å². The minimum atomic E-state index is -0.723. The summed E-state index contributed by atoms with van der Waals surface area (Å²) in [5, 5.41) is 29.4. The third-order valence-electron chi connectivity index (χ3n) is 4.86. The third-order valence-corrected chi connectivity index (χ3v) is 4.86. The molecule has 134 valence electrons. The largest absolute Gasteiger partial charge is 0.508 e. The average molecular weight is 354 g/mol. The van der Waals surface area contributed by atoms with Gasteiger partial charge in [0.15, 0.2) is 0 Å². The topological polar surface area (TPSA) is 100 Å². The highest BCUT2D eigenvalue weighted by Gasteiger charge is 2.33. The molecule has 0 aliphatic carbocycles. The smallest absolute Gasteiger partial charge is 0.204 e. The van der Waals surface area contributed by atoms with Gasteiger partial charge in [0.1, 0.15) is 40.1 Å². The zero-order valence-electron chi connectivity index (χ0n) is 14.2. The molecule has 4 rings (SSSR count). The second kappa shape index (κ2) is 5.78. The van der Waals surface area contributed by atoms with E-state index in [0.29, 0.717) is 40.9 Å². The second-order valence-electron chi connectivity index (χ2n) is 6.81. The summed E-state index contributed by atoms with van der Waals surface area (Å²) in [5.74, 6) is 0.286. The molecular formula is C20H18O6. The Morgan fingerprint density at radius 3 is 2.62 bits per heavy atom. The molecule has 0 amide bonds. The summed E-state index contributed by atoms with van der Waals surface area (Å²) in [6.07, 6.45) is 2.49. The molecular weight excluding hydrogens is 336 g/mol. The van der Waals surface area contributed by atoms with E-state index < -0.39 is 5.60 Å². The van der Waals surface area contributed by atoms with E-state index in [-0.39, 0.29) is 28.9 Å². The van der Waals surface area contributed by atoms with Gasteiger partial charge in [-0.15, -0.1) is 0 Å². The van der Waals surface area contributed by atoms with Crippen LogP contribution in [-0.2, 0) is 6.42 Å². The maximum absolute atomic E-state index is 12.9. The number of ether oxygens (including phenoxy) is 1. The first kappa shape index (κ1) is 16.5. The van der Waals surface area contributed by atoms with Crippen molar-refractivity contribution in [2.24, 2.45) is 0 Å². The van der Waals surface area contributed by atoms with Crippen LogP contribution in [0.25, 0.3) is 22.1 Å². The number of phenols is 2. The van der Waals surface area contributed by atoms with Crippen molar-refractivity contribution in [1.82, 2.24) is 0 Å². The van der Waals surface area contributed by atoms with Gasteiger partial charge in [-0.1, -0.05) is 12.1 Å². The number of aliphatic hydroxyl groups is 1. The molecule has 0 radical (unpaired) electrons. The number of aryl methyl sites for hydroxylation is 1. The number of rotatable bonds is 2. The molecule has 3 aromatic rings. The van der Waals surface area contributed by atoms with Crippen molar-refractivity contribution in [3.63, 3.8) is 0 Å². The summed E-state index contributed by atoms with van der Waals surface area (Å²) in [4.78, 5) is 12.9. The van der Waals surface area contributed by atoms with E-state index >= 15 is 0 Å². The Bertz CT molecular complexity index is 1050. The van der Waals surface area contributed by atoms with Crippen molar-refractivity contribution in [3.05, 3.63) is 52.4 Å². The second-order valence-corrected chi connectivity index (χ2v) is 6.81. The highest BCUT2D eigenvalue weighted by Crippen LogP contribution is 2.41. The summed E-state index contributed by atoms with van der Waals surface area (Å²) >= 11 is 0. The molecule has 0 saturated heterocycles. The van der Waals surface area contributed by atoms with Crippen molar-refractivity contribution in [1.29, 1.82) is 0 Å². The standard InChI is InChI=1S/C20H18O6/c1-20(10-21)7-6-13-16(26-20)8-15(23)17-18(24)14(9-25-19(13)17)11-2-4-12(22)5-3-11/h2-5,8-9,21-23H,6-7,10H2,1H3. The van der Waals surface area contributed by atoms with Crippen molar-refractivity contribution in [2.75, 3.05) is 6.61 Å². The molecule has 0 saturated carbocycles. The Labute approximate surface area is 148 Å². The van der Waals surface area contributed by atoms with E-state index in [9.17, 15) is 20.1 Å². The van der Waals surface area contributed by atoms with Crippen molar-refractivity contribution in [2.45, 2.75) is 25.4 Å². The van der Waals surface area contributed by atoms with E-state index in [2.05, 4.69) is 0 Å². The Morgan fingerprint density at radius 1 is 1.19 bits per heavy atom. The van der Waals surface area contributed by atoms with E-state index in [4.69, 9.17) is 9.15 Å². The fourth-order valence-electron chi connectivity index (χ4n) is 3.30. The molecule has 6 nitrogen and oxygen atoms in total. The maximum atomic E-state index is 12.9. The van der Waals surface area contributed by atoms with Crippen LogP contribution in [0.1, 0.15) is 18.9 Å². The molecule has 0 spiro atoms. The van der Waals surface area contributed by atoms with Gasteiger partial charge in [0, 0.05) is 11.6 Å². The number of hydrogen-bond acceptors (Lipinski definition) is 6. The van der Waals surface area contributed by atoms with Gasteiger partial charge in [-0.2, -0.15) is 0 Å². The summed E-state index contributed by atoms with van der Waals surface area (Å²) in [6.45, 7) is 1.65. The molecule has 2 aromatic carbocycles. The van der Waals surface area contributed by atoms with Crippen LogP contribution in [0.2, 0.25) is 0 Å². The Morgan fingerprint density at radius 2 is 1.92 bits per heavy atom. The number of benzene rings is 2. The zero-order chi connectivity index (χ0) is 18.5. The first-order valence-corrected chi connectivity index (χ1v) is 8.31. The number of aromatic hydroxyl groups is 2. The minimum absolute atomic E-state index is 0.0972. The maximum Gasteiger partial charge on any atom is 0.204 e. The van der Waals surface area contributed by atoms with Gasteiger partial charge in [0.25, 0.3) is 0 Å². The molecule has 3 N–H and O–H groups in total. The van der Waals surface area contributed by atoms with Gasteiger partial charge in [-0.3, -0.25) is 4.79 Å². The van der Waals surface area contributed by atoms with Gasteiger partial charge in [-0.05, 0) is 37.5 Å². The molecule has 1 aliphatic rings. The molecule has 1 unspecified atom stereocenters. The van der Waals surface area contributed by atoms with Crippen molar-refractivity contribution >= 4 is 11.0 Å². The van der Waals surface area contributed by atoms with Crippen molar-refractivity contribution in [3.8, 4) is 28.4 Å². The molecule has 0 fully saturated rings. The zero-order valence-corrected chi connectivity index (χ0v) is 14.2. The quantitative estimate of drug-likeness (QED) is 0.654. The lowest BCUT2D eigenvalue weighted by Gasteiger charge is -2.34. The number of fused-ring (bicyclic) bond motifs is 3. The molecule has 1 aromatic heterocycles. The van der Waals surface area contributed by atoms with Crippen LogP contribution in [0.15, 0.2) is 45.8 Å². The van der Waals surface area contributed by atoms with Gasteiger partial charge < -0.3 is 24.5 Å². The minimum Gasteiger partial charge on any atom is -0.508 e. The Kier molecular flexibility index (Phi) is 3.66. The first-order chi connectivity index (χ1) is 12.4. The number of hydrogen-bond donors (Lipinski definition) is 3. The SMILES string of the molecule is CC1(CO)CCc2c(cc(O)c3c(=O)c(-c4ccc(O)cc4)coc23)O1. The van der Waals surface area contributed by atoms with Gasteiger partial charge in [-0.25, -0.2) is 0 Å². The molecule has 26 heavy (non-hydrogen) atoms. The normalized spacial score (nSPS) is 19.2. The van der Waals surface area contributed by atoms with Crippen LogP contribution in [0.5, 0.6) is 17.2 Å². The average Bonchev–Trinajstić information content (AvgIpc) is 2.62. The fraction of sp³-hybridized carbons (Fsp3) is 0.250. The summed E-state index contributed by atoms with van der Waals surface area (Å²) in [5.41, 5.74) is 0.807. The molecule has 1 aliphatic heterocycles. The lowest BCUT2D eigenvalue weighted by molar-refractivity contribution is 0.00810. The van der Waals surface area contributed by atoms with Crippen LogP contribution in [0.3, 0.4) is 0 Å². The summed E-state index contributed by atoms with van der Waals surface area (Å²) in [6, 6.07) is 7.59. The molecule has 6 heteroatoms. The highest BCUT2D eigenvalue weighted by atomic mass is 16.5.